The van der Waals surface area contributed by atoms with Gasteiger partial charge in [-0.1, -0.05) is 0 Å². The lowest BCUT2D eigenvalue weighted by atomic mass is 10.3. The standard InChI is InChI=1S/C12H19N3O4/c1-3-17-11(16)10-8-19-12(14-10)13-6-9-7-15(2)4-5-18-9/h8-9H,3-7H2,1-2H3,(H,13,14). The number of hydrogen-bond acceptors (Lipinski definition) is 7. The number of nitrogens with one attached hydrogen (secondary N) is 1. The van der Waals surface area contributed by atoms with Crippen molar-refractivity contribution in [2.24, 2.45) is 0 Å². The van der Waals surface area contributed by atoms with Crippen molar-refractivity contribution in [1.29, 1.82) is 0 Å². The Balaban J connectivity index is 1.81. The maximum Gasteiger partial charge on any atom is 0.360 e. The SMILES string of the molecule is CCOC(=O)c1coc(NCC2CN(C)CCO2)n1. The number of oxazole rings is 1. The quantitative estimate of drug-likeness (QED) is 0.784. The first-order chi connectivity index (χ1) is 9.19. The number of aromatic nitrogens is 1. The van der Waals surface area contributed by atoms with Crippen molar-refractivity contribution in [3.05, 3.63) is 12.0 Å². The molecule has 0 spiro atoms. The predicted octanol–water partition coefficient (Wildman–Crippen LogP) is 0.594. The minimum absolute atomic E-state index is 0.0942. The van der Waals surface area contributed by atoms with Crippen LogP contribution in [0.5, 0.6) is 0 Å². The van der Waals surface area contributed by atoms with E-state index in [9.17, 15) is 4.79 Å². The Morgan fingerprint density at radius 1 is 1.68 bits per heavy atom. The van der Waals surface area contributed by atoms with Gasteiger partial charge in [0.05, 0.1) is 19.3 Å². The van der Waals surface area contributed by atoms with Gasteiger partial charge in [-0.2, -0.15) is 4.98 Å². The van der Waals surface area contributed by atoms with E-state index in [1.807, 2.05) is 0 Å². The van der Waals surface area contributed by atoms with Crippen molar-refractivity contribution < 1.29 is 18.7 Å². The van der Waals surface area contributed by atoms with E-state index in [0.29, 0.717) is 19.2 Å². The number of nitrogens with zero attached hydrogens (tertiary/aromatic N) is 2. The lowest BCUT2D eigenvalue weighted by molar-refractivity contribution is -0.0119. The average Bonchev–Trinajstić information content (AvgIpc) is 2.86. The first kappa shape index (κ1) is 13.8. The van der Waals surface area contributed by atoms with Crippen LogP contribution in [0.4, 0.5) is 6.01 Å². The molecular weight excluding hydrogens is 250 g/mol. The van der Waals surface area contributed by atoms with E-state index < -0.39 is 5.97 Å². The molecule has 7 nitrogen and oxygen atoms in total. The first-order valence-electron chi connectivity index (χ1n) is 6.35. The van der Waals surface area contributed by atoms with Crippen LogP contribution < -0.4 is 5.32 Å². The van der Waals surface area contributed by atoms with Gasteiger partial charge in [-0.05, 0) is 14.0 Å². The summed E-state index contributed by atoms with van der Waals surface area (Å²) in [6, 6.07) is 0.305. The highest BCUT2D eigenvalue weighted by molar-refractivity contribution is 5.87. The molecular formula is C12H19N3O4. The predicted molar refractivity (Wildman–Crippen MR) is 68.2 cm³/mol. The van der Waals surface area contributed by atoms with Crippen LogP contribution in [0, 0.1) is 0 Å². The summed E-state index contributed by atoms with van der Waals surface area (Å²) in [5.41, 5.74) is 0.172. The van der Waals surface area contributed by atoms with Crippen LogP contribution in [-0.4, -0.2) is 61.9 Å². The topological polar surface area (TPSA) is 76.8 Å². The van der Waals surface area contributed by atoms with E-state index in [1.165, 1.54) is 6.26 Å². The van der Waals surface area contributed by atoms with E-state index in [1.54, 1.807) is 6.92 Å². The molecule has 106 valence electrons. The van der Waals surface area contributed by atoms with E-state index in [0.717, 1.165) is 19.7 Å². The van der Waals surface area contributed by atoms with Crippen molar-refractivity contribution in [2.45, 2.75) is 13.0 Å². The Kier molecular flexibility index (Phi) is 4.75. The van der Waals surface area contributed by atoms with Crippen molar-refractivity contribution in [1.82, 2.24) is 9.88 Å². The molecule has 1 aliphatic heterocycles. The molecule has 0 aromatic carbocycles. The number of anilines is 1. The highest BCUT2D eigenvalue weighted by atomic mass is 16.5. The molecule has 0 bridgehead atoms. The van der Waals surface area contributed by atoms with Gasteiger partial charge in [0.2, 0.25) is 0 Å². The molecule has 19 heavy (non-hydrogen) atoms. The van der Waals surface area contributed by atoms with E-state index in [-0.39, 0.29) is 11.8 Å². The third kappa shape index (κ3) is 3.93. The molecule has 1 atom stereocenters. The number of esters is 1. The minimum atomic E-state index is -0.479. The third-order valence-electron chi connectivity index (χ3n) is 2.81. The lowest BCUT2D eigenvalue weighted by Gasteiger charge is -2.29. The molecule has 1 unspecified atom stereocenters. The summed E-state index contributed by atoms with van der Waals surface area (Å²) in [4.78, 5) is 17.6. The molecule has 1 aliphatic rings. The summed E-state index contributed by atoms with van der Waals surface area (Å²) < 4.78 is 15.6. The molecule has 1 aromatic heterocycles. The normalized spacial score (nSPS) is 20.2. The van der Waals surface area contributed by atoms with Gasteiger partial charge in [0.25, 0.3) is 6.01 Å². The van der Waals surface area contributed by atoms with Crippen LogP contribution in [0.15, 0.2) is 10.7 Å². The van der Waals surface area contributed by atoms with Crippen LogP contribution in [0.25, 0.3) is 0 Å². The van der Waals surface area contributed by atoms with Gasteiger partial charge < -0.3 is 24.1 Å². The fourth-order valence-corrected chi connectivity index (χ4v) is 1.85. The number of carbonyl (C=O) groups excluding carboxylic acids is 1. The molecule has 0 radical (unpaired) electrons. The minimum Gasteiger partial charge on any atom is -0.461 e. The van der Waals surface area contributed by atoms with Crippen LogP contribution in [0.1, 0.15) is 17.4 Å². The summed E-state index contributed by atoms with van der Waals surface area (Å²) in [5, 5.41) is 3.02. The number of morpholine rings is 1. The summed E-state index contributed by atoms with van der Waals surface area (Å²) in [7, 11) is 2.06. The van der Waals surface area contributed by atoms with Gasteiger partial charge in [0.1, 0.15) is 6.26 Å². The highest BCUT2D eigenvalue weighted by Gasteiger charge is 2.19. The fraction of sp³-hybridized carbons (Fsp3) is 0.667. The molecule has 0 saturated carbocycles. The monoisotopic (exact) mass is 269 g/mol. The van der Waals surface area contributed by atoms with Gasteiger partial charge in [-0.25, -0.2) is 4.79 Å². The Morgan fingerprint density at radius 3 is 3.26 bits per heavy atom. The maximum absolute atomic E-state index is 11.4. The molecule has 1 N–H and O–H groups in total. The van der Waals surface area contributed by atoms with Gasteiger partial charge in [-0.3, -0.25) is 0 Å². The van der Waals surface area contributed by atoms with Crippen molar-refractivity contribution >= 4 is 12.0 Å². The van der Waals surface area contributed by atoms with E-state index in [4.69, 9.17) is 13.9 Å². The van der Waals surface area contributed by atoms with Crippen LogP contribution in [0.3, 0.4) is 0 Å². The second-order valence-corrected chi connectivity index (χ2v) is 4.39. The summed E-state index contributed by atoms with van der Waals surface area (Å²) in [6.07, 6.45) is 1.38. The van der Waals surface area contributed by atoms with Crippen molar-refractivity contribution in [2.75, 3.05) is 45.2 Å². The third-order valence-corrected chi connectivity index (χ3v) is 2.81. The van der Waals surface area contributed by atoms with Crippen LogP contribution >= 0.6 is 0 Å². The Hall–Kier alpha value is -1.60. The molecule has 0 amide bonds. The number of ether oxygens (including phenoxy) is 2. The zero-order chi connectivity index (χ0) is 13.7. The zero-order valence-electron chi connectivity index (χ0n) is 11.2. The van der Waals surface area contributed by atoms with Gasteiger partial charge in [0, 0.05) is 19.6 Å². The summed E-state index contributed by atoms with van der Waals surface area (Å²) in [5.74, 6) is -0.479. The average molecular weight is 269 g/mol. The lowest BCUT2D eigenvalue weighted by Crippen LogP contribution is -2.43. The van der Waals surface area contributed by atoms with Crippen LogP contribution in [0.2, 0.25) is 0 Å². The molecule has 2 rings (SSSR count). The Morgan fingerprint density at radius 2 is 2.53 bits per heavy atom. The zero-order valence-corrected chi connectivity index (χ0v) is 11.2. The summed E-state index contributed by atoms with van der Waals surface area (Å²) >= 11 is 0. The molecule has 2 heterocycles. The van der Waals surface area contributed by atoms with Crippen LogP contribution in [-0.2, 0) is 9.47 Å². The number of hydrogen-bond donors (Lipinski definition) is 1. The van der Waals surface area contributed by atoms with Crippen molar-refractivity contribution in [3.8, 4) is 0 Å². The van der Waals surface area contributed by atoms with E-state index >= 15 is 0 Å². The molecule has 1 saturated heterocycles. The summed E-state index contributed by atoms with van der Waals surface area (Å²) in [6.45, 7) is 5.18. The number of rotatable bonds is 5. The molecule has 7 heteroatoms. The number of carbonyl (C=O) groups is 1. The molecule has 0 aliphatic carbocycles. The molecule has 1 aromatic rings. The van der Waals surface area contributed by atoms with Crippen molar-refractivity contribution in [3.63, 3.8) is 0 Å². The van der Waals surface area contributed by atoms with Gasteiger partial charge in [-0.15, -0.1) is 0 Å². The fourth-order valence-electron chi connectivity index (χ4n) is 1.85. The molecule has 1 fully saturated rings. The maximum atomic E-state index is 11.4. The smallest absolute Gasteiger partial charge is 0.360 e. The van der Waals surface area contributed by atoms with Gasteiger partial charge >= 0.3 is 5.97 Å². The second-order valence-electron chi connectivity index (χ2n) is 4.39. The van der Waals surface area contributed by atoms with Gasteiger partial charge in [0.15, 0.2) is 5.69 Å². The first-order valence-corrected chi connectivity index (χ1v) is 6.35. The van der Waals surface area contributed by atoms with E-state index in [2.05, 4.69) is 22.2 Å². The Bertz CT molecular complexity index is 421. The largest absolute Gasteiger partial charge is 0.461 e. The highest BCUT2D eigenvalue weighted by Crippen LogP contribution is 2.10. The second kappa shape index (κ2) is 6.53. The Labute approximate surface area is 111 Å². The number of likely N-dealkylation sites (N-methyl/N-ethyl adjacent to an activating group) is 1.